The minimum Gasteiger partial charge on any atom is -0.351 e. The lowest BCUT2D eigenvalue weighted by Crippen LogP contribution is -2.43. The van der Waals surface area contributed by atoms with Crippen molar-refractivity contribution in [3.8, 4) is 0 Å². The van der Waals surface area contributed by atoms with E-state index in [2.05, 4.69) is 29.3 Å². The highest BCUT2D eigenvalue weighted by Crippen LogP contribution is 2.32. The highest BCUT2D eigenvalue weighted by atomic mass is 16.2. The Morgan fingerprint density at radius 1 is 1.35 bits per heavy atom. The van der Waals surface area contributed by atoms with Gasteiger partial charge in [-0.2, -0.15) is 0 Å². The molecule has 108 valence electrons. The van der Waals surface area contributed by atoms with E-state index in [1.807, 2.05) is 18.2 Å². The van der Waals surface area contributed by atoms with Gasteiger partial charge in [0.2, 0.25) is 5.91 Å². The third kappa shape index (κ3) is 4.35. The van der Waals surface area contributed by atoms with Gasteiger partial charge in [0, 0.05) is 12.6 Å². The second kappa shape index (κ2) is 6.52. The average Bonchev–Trinajstić information content (AvgIpc) is 3.21. The van der Waals surface area contributed by atoms with Gasteiger partial charge in [-0.25, -0.2) is 4.79 Å². The maximum absolute atomic E-state index is 11.7. The normalized spacial score (nSPS) is 15.9. The maximum atomic E-state index is 11.7. The summed E-state index contributed by atoms with van der Waals surface area (Å²) < 4.78 is 0. The molecule has 1 aliphatic rings. The van der Waals surface area contributed by atoms with Crippen LogP contribution in [0.3, 0.4) is 0 Å². The van der Waals surface area contributed by atoms with Gasteiger partial charge in [0.25, 0.3) is 0 Å². The largest absolute Gasteiger partial charge is 0.351 e. The minimum atomic E-state index is -0.797. The lowest BCUT2D eigenvalue weighted by Gasteiger charge is -2.28. The van der Waals surface area contributed by atoms with Crippen LogP contribution in [0.4, 0.5) is 4.79 Å². The molecule has 0 unspecified atom stereocenters. The fourth-order valence-electron chi connectivity index (χ4n) is 2.30. The van der Waals surface area contributed by atoms with Crippen molar-refractivity contribution in [2.45, 2.75) is 25.8 Å². The fourth-order valence-corrected chi connectivity index (χ4v) is 2.30. The van der Waals surface area contributed by atoms with Crippen molar-refractivity contribution in [3.05, 3.63) is 35.9 Å². The lowest BCUT2D eigenvalue weighted by molar-refractivity contribution is -0.121. The average molecular weight is 275 g/mol. The summed E-state index contributed by atoms with van der Waals surface area (Å²) in [4.78, 5) is 24.6. The smallest absolute Gasteiger partial charge is 0.318 e. The van der Waals surface area contributed by atoms with Crippen LogP contribution in [0.5, 0.6) is 0 Å². The molecule has 2 rings (SSSR count). The minimum absolute atomic E-state index is 0.135. The zero-order chi connectivity index (χ0) is 14.5. The van der Waals surface area contributed by atoms with E-state index in [1.54, 1.807) is 0 Å². The molecule has 5 heteroatoms. The van der Waals surface area contributed by atoms with Crippen LogP contribution in [0, 0.1) is 5.92 Å². The molecule has 3 N–H and O–H groups in total. The predicted molar refractivity (Wildman–Crippen MR) is 76.9 cm³/mol. The van der Waals surface area contributed by atoms with Gasteiger partial charge in [0.15, 0.2) is 0 Å². The van der Waals surface area contributed by atoms with Crippen LogP contribution in [0.1, 0.15) is 31.4 Å². The number of imide groups is 1. The number of hydrogen-bond donors (Lipinski definition) is 2. The zero-order valence-corrected chi connectivity index (χ0v) is 11.7. The SMILES string of the molecule is C[C@H](c1ccccc1)N(CC(=O)NC(N)=O)CC1CC1. The van der Waals surface area contributed by atoms with E-state index < -0.39 is 6.03 Å². The van der Waals surface area contributed by atoms with Crippen LogP contribution in [-0.2, 0) is 4.79 Å². The Hall–Kier alpha value is -1.88. The van der Waals surface area contributed by atoms with E-state index in [9.17, 15) is 9.59 Å². The number of benzene rings is 1. The van der Waals surface area contributed by atoms with Gasteiger partial charge >= 0.3 is 6.03 Å². The van der Waals surface area contributed by atoms with Gasteiger partial charge in [-0.1, -0.05) is 30.3 Å². The number of nitrogens with two attached hydrogens (primary N) is 1. The van der Waals surface area contributed by atoms with Crippen molar-refractivity contribution in [3.63, 3.8) is 0 Å². The standard InChI is InChI=1S/C15H21N3O2/c1-11(13-5-3-2-4-6-13)18(9-12-7-8-12)10-14(19)17-15(16)20/h2-6,11-12H,7-10H2,1H3,(H3,16,17,19,20)/t11-/m1/s1. The molecule has 0 aliphatic heterocycles. The molecule has 0 bridgehead atoms. The second-order valence-corrected chi connectivity index (χ2v) is 5.37. The fraction of sp³-hybridized carbons (Fsp3) is 0.467. The second-order valence-electron chi connectivity index (χ2n) is 5.37. The van der Waals surface area contributed by atoms with Crippen LogP contribution < -0.4 is 11.1 Å². The molecule has 1 atom stereocenters. The third-order valence-electron chi connectivity index (χ3n) is 3.63. The van der Waals surface area contributed by atoms with Crippen molar-refractivity contribution in [2.75, 3.05) is 13.1 Å². The molecule has 0 spiro atoms. The Morgan fingerprint density at radius 2 is 2.00 bits per heavy atom. The molecule has 1 saturated carbocycles. The van der Waals surface area contributed by atoms with Crippen molar-refractivity contribution < 1.29 is 9.59 Å². The van der Waals surface area contributed by atoms with Gasteiger partial charge in [-0.3, -0.25) is 15.0 Å². The number of amides is 3. The molecular weight excluding hydrogens is 254 g/mol. The quantitative estimate of drug-likeness (QED) is 0.829. The highest BCUT2D eigenvalue weighted by Gasteiger charge is 2.28. The first-order valence-electron chi connectivity index (χ1n) is 6.94. The van der Waals surface area contributed by atoms with E-state index in [0.717, 1.165) is 6.54 Å². The number of hydrogen-bond acceptors (Lipinski definition) is 3. The van der Waals surface area contributed by atoms with Crippen molar-refractivity contribution >= 4 is 11.9 Å². The van der Waals surface area contributed by atoms with Gasteiger partial charge in [-0.05, 0) is 31.2 Å². The molecule has 0 saturated heterocycles. The van der Waals surface area contributed by atoms with Crippen LogP contribution >= 0.6 is 0 Å². The molecular formula is C15H21N3O2. The Bertz CT molecular complexity index is 471. The number of nitrogens with zero attached hydrogens (tertiary/aromatic N) is 1. The van der Waals surface area contributed by atoms with Crippen LogP contribution in [0.25, 0.3) is 0 Å². The summed E-state index contributed by atoms with van der Waals surface area (Å²) >= 11 is 0. The first-order valence-corrected chi connectivity index (χ1v) is 6.94. The van der Waals surface area contributed by atoms with E-state index >= 15 is 0 Å². The topological polar surface area (TPSA) is 75.4 Å². The van der Waals surface area contributed by atoms with Crippen LogP contribution in [-0.4, -0.2) is 29.9 Å². The first-order chi connectivity index (χ1) is 9.56. The summed E-state index contributed by atoms with van der Waals surface area (Å²) in [5.41, 5.74) is 6.15. The van der Waals surface area contributed by atoms with Crippen LogP contribution in [0.15, 0.2) is 30.3 Å². The highest BCUT2D eigenvalue weighted by molar-refractivity contribution is 5.94. The molecule has 0 heterocycles. The van der Waals surface area contributed by atoms with Gasteiger partial charge < -0.3 is 5.73 Å². The van der Waals surface area contributed by atoms with Gasteiger partial charge in [-0.15, -0.1) is 0 Å². The first kappa shape index (κ1) is 14.5. The zero-order valence-electron chi connectivity index (χ0n) is 11.7. The number of urea groups is 1. The number of primary amides is 1. The number of nitrogens with one attached hydrogen (secondary N) is 1. The Morgan fingerprint density at radius 3 is 2.55 bits per heavy atom. The van der Waals surface area contributed by atoms with Crippen molar-refractivity contribution in [2.24, 2.45) is 11.7 Å². The third-order valence-corrected chi connectivity index (χ3v) is 3.63. The summed E-state index contributed by atoms with van der Waals surface area (Å²) in [7, 11) is 0. The molecule has 3 amide bonds. The Kier molecular flexibility index (Phi) is 4.74. The molecule has 0 aromatic heterocycles. The number of rotatable bonds is 6. The summed E-state index contributed by atoms with van der Waals surface area (Å²) in [5, 5.41) is 2.13. The van der Waals surface area contributed by atoms with E-state index in [1.165, 1.54) is 18.4 Å². The monoisotopic (exact) mass is 275 g/mol. The van der Waals surface area contributed by atoms with E-state index in [-0.39, 0.29) is 18.5 Å². The lowest BCUT2D eigenvalue weighted by atomic mass is 10.1. The van der Waals surface area contributed by atoms with E-state index in [4.69, 9.17) is 5.73 Å². The molecule has 1 aromatic rings. The summed E-state index contributed by atoms with van der Waals surface area (Å²) in [6.45, 7) is 3.15. The Balaban J connectivity index is 2.02. The molecule has 1 aliphatic carbocycles. The summed E-state index contributed by atoms with van der Waals surface area (Å²) in [6, 6.07) is 9.40. The van der Waals surface area contributed by atoms with Crippen LogP contribution in [0.2, 0.25) is 0 Å². The van der Waals surface area contributed by atoms with E-state index in [0.29, 0.717) is 5.92 Å². The summed E-state index contributed by atoms with van der Waals surface area (Å²) in [5.74, 6) is 0.323. The molecule has 5 nitrogen and oxygen atoms in total. The molecule has 1 aromatic carbocycles. The summed E-state index contributed by atoms with van der Waals surface area (Å²) in [6.07, 6.45) is 2.44. The van der Waals surface area contributed by atoms with Crippen molar-refractivity contribution in [1.29, 1.82) is 0 Å². The molecule has 1 fully saturated rings. The maximum Gasteiger partial charge on any atom is 0.318 e. The Labute approximate surface area is 119 Å². The van der Waals surface area contributed by atoms with Gasteiger partial charge in [0.05, 0.1) is 6.54 Å². The molecule has 20 heavy (non-hydrogen) atoms. The van der Waals surface area contributed by atoms with Gasteiger partial charge in [0.1, 0.15) is 0 Å². The molecule has 0 radical (unpaired) electrons. The number of carbonyl (C=O) groups is 2. The van der Waals surface area contributed by atoms with Crippen molar-refractivity contribution in [1.82, 2.24) is 10.2 Å². The number of carbonyl (C=O) groups excluding carboxylic acids is 2. The predicted octanol–water partition coefficient (Wildman–Crippen LogP) is 1.65.